The van der Waals surface area contributed by atoms with Crippen molar-refractivity contribution in [2.75, 3.05) is 18.4 Å². The van der Waals surface area contributed by atoms with Gasteiger partial charge in [-0.2, -0.15) is 0 Å². The van der Waals surface area contributed by atoms with Crippen LogP contribution in [0.25, 0.3) is 0 Å². The number of piperidine rings is 1. The molecule has 0 radical (unpaired) electrons. The summed E-state index contributed by atoms with van der Waals surface area (Å²) in [5, 5.41) is 11.2. The monoisotopic (exact) mass is 268 g/mol. The van der Waals surface area contributed by atoms with E-state index < -0.39 is 11.8 Å². The normalized spacial score (nSPS) is 19.7. The number of likely N-dealkylation sites (tertiary alicyclic amines) is 1. The molecule has 1 aromatic rings. The molecule has 0 spiro atoms. The molecule has 0 bridgehead atoms. The molecule has 1 aliphatic rings. The lowest BCUT2D eigenvalue weighted by atomic mass is 10.0. The van der Waals surface area contributed by atoms with E-state index in [4.69, 9.17) is 0 Å². The van der Waals surface area contributed by atoms with Crippen LogP contribution in [0.1, 0.15) is 24.8 Å². The average Bonchev–Trinajstić information content (AvgIpc) is 2.73. The van der Waals surface area contributed by atoms with Gasteiger partial charge in [0, 0.05) is 13.1 Å². The summed E-state index contributed by atoms with van der Waals surface area (Å²) in [5.41, 5.74) is 0. The molecule has 1 aliphatic heterocycles. The van der Waals surface area contributed by atoms with Gasteiger partial charge in [0.2, 0.25) is 5.13 Å². The third-order valence-electron chi connectivity index (χ3n) is 2.88. The van der Waals surface area contributed by atoms with Crippen molar-refractivity contribution in [1.29, 1.82) is 0 Å². The van der Waals surface area contributed by atoms with Crippen molar-refractivity contribution < 1.29 is 9.59 Å². The van der Waals surface area contributed by atoms with Crippen molar-refractivity contribution in [3.8, 4) is 0 Å². The van der Waals surface area contributed by atoms with Crippen molar-refractivity contribution in [3.05, 3.63) is 5.01 Å². The second-order valence-electron chi connectivity index (χ2n) is 4.58. The molecule has 0 unspecified atom stereocenters. The number of amides is 2. The topological polar surface area (TPSA) is 75.2 Å². The number of carbonyl (C=O) groups is 2. The molecule has 1 atom stereocenters. The zero-order valence-corrected chi connectivity index (χ0v) is 11.3. The highest BCUT2D eigenvalue weighted by Gasteiger charge is 2.26. The van der Waals surface area contributed by atoms with Crippen LogP contribution < -0.4 is 5.32 Å². The summed E-state index contributed by atoms with van der Waals surface area (Å²) in [6.07, 6.45) is 2.07. The molecule has 98 valence electrons. The Labute approximate surface area is 109 Å². The van der Waals surface area contributed by atoms with Gasteiger partial charge in [0.15, 0.2) is 0 Å². The summed E-state index contributed by atoms with van der Waals surface area (Å²) in [5.74, 6) is -0.645. The Morgan fingerprint density at radius 3 is 2.83 bits per heavy atom. The highest BCUT2D eigenvalue weighted by Crippen LogP contribution is 2.17. The summed E-state index contributed by atoms with van der Waals surface area (Å²) < 4.78 is 0. The van der Waals surface area contributed by atoms with Crippen LogP contribution in [0.3, 0.4) is 0 Å². The maximum Gasteiger partial charge on any atom is 0.315 e. The Morgan fingerprint density at radius 2 is 2.22 bits per heavy atom. The predicted molar refractivity (Wildman–Crippen MR) is 68.3 cm³/mol. The number of rotatable bonds is 1. The van der Waals surface area contributed by atoms with Gasteiger partial charge in [-0.15, -0.1) is 10.2 Å². The van der Waals surface area contributed by atoms with Crippen LogP contribution in [0.15, 0.2) is 0 Å². The molecule has 18 heavy (non-hydrogen) atoms. The highest BCUT2D eigenvalue weighted by molar-refractivity contribution is 7.15. The van der Waals surface area contributed by atoms with Gasteiger partial charge in [0.1, 0.15) is 5.01 Å². The molecule has 0 aliphatic carbocycles. The molecular weight excluding hydrogens is 252 g/mol. The largest absolute Gasteiger partial charge is 0.334 e. The van der Waals surface area contributed by atoms with E-state index in [0.717, 1.165) is 17.8 Å². The molecular formula is C11H16N4O2S. The number of carbonyl (C=O) groups excluding carboxylic acids is 2. The molecule has 7 heteroatoms. The number of nitrogens with zero attached hydrogens (tertiary/aromatic N) is 3. The van der Waals surface area contributed by atoms with E-state index in [0.29, 0.717) is 24.1 Å². The van der Waals surface area contributed by atoms with Crippen LogP contribution in [0, 0.1) is 12.8 Å². The molecule has 0 saturated carbocycles. The predicted octanol–water partition coefficient (Wildman–Crippen LogP) is 1.04. The van der Waals surface area contributed by atoms with Gasteiger partial charge in [-0.1, -0.05) is 18.3 Å². The minimum atomic E-state index is -0.625. The molecule has 6 nitrogen and oxygen atoms in total. The lowest BCUT2D eigenvalue weighted by Crippen LogP contribution is -2.44. The molecule has 2 rings (SSSR count). The van der Waals surface area contributed by atoms with Gasteiger partial charge in [-0.3, -0.25) is 14.9 Å². The van der Waals surface area contributed by atoms with Crippen molar-refractivity contribution in [2.24, 2.45) is 5.92 Å². The molecule has 1 aromatic heterocycles. The Morgan fingerprint density at radius 1 is 1.44 bits per heavy atom. The van der Waals surface area contributed by atoms with E-state index in [1.54, 1.807) is 11.8 Å². The van der Waals surface area contributed by atoms with Crippen LogP contribution in [-0.4, -0.2) is 40.0 Å². The van der Waals surface area contributed by atoms with Gasteiger partial charge < -0.3 is 4.90 Å². The van der Waals surface area contributed by atoms with Crippen LogP contribution in [-0.2, 0) is 9.59 Å². The third kappa shape index (κ3) is 3.04. The summed E-state index contributed by atoms with van der Waals surface area (Å²) >= 11 is 1.26. The van der Waals surface area contributed by atoms with Crippen LogP contribution in [0.4, 0.5) is 5.13 Å². The highest BCUT2D eigenvalue weighted by atomic mass is 32.1. The van der Waals surface area contributed by atoms with Crippen molar-refractivity contribution in [3.63, 3.8) is 0 Å². The second-order valence-corrected chi connectivity index (χ2v) is 5.76. The third-order valence-corrected chi connectivity index (χ3v) is 3.64. The zero-order valence-electron chi connectivity index (χ0n) is 10.5. The van der Waals surface area contributed by atoms with Crippen molar-refractivity contribution in [1.82, 2.24) is 15.1 Å². The fourth-order valence-corrected chi connectivity index (χ4v) is 2.60. The van der Waals surface area contributed by atoms with E-state index >= 15 is 0 Å². The van der Waals surface area contributed by atoms with E-state index in [1.807, 2.05) is 0 Å². The maximum absolute atomic E-state index is 11.9. The van der Waals surface area contributed by atoms with Gasteiger partial charge in [-0.25, -0.2) is 0 Å². The van der Waals surface area contributed by atoms with E-state index in [1.165, 1.54) is 11.3 Å². The minimum absolute atomic E-state index is 0.371. The maximum atomic E-state index is 11.9. The first-order chi connectivity index (χ1) is 8.56. The van der Waals surface area contributed by atoms with E-state index in [9.17, 15) is 9.59 Å². The number of aryl methyl sites for hydroxylation is 1. The molecule has 1 saturated heterocycles. The Balaban J connectivity index is 1.94. The fourth-order valence-electron chi connectivity index (χ4n) is 2.02. The quantitative estimate of drug-likeness (QED) is 0.772. The van der Waals surface area contributed by atoms with Gasteiger partial charge in [-0.05, 0) is 25.7 Å². The number of anilines is 1. The van der Waals surface area contributed by atoms with Gasteiger partial charge >= 0.3 is 11.8 Å². The average molecular weight is 268 g/mol. The summed E-state index contributed by atoms with van der Waals surface area (Å²) in [4.78, 5) is 25.3. The Kier molecular flexibility index (Phi) is 3.90. The van der Waals surface area contributed by atoms with E-state index in [-0.39, 0.29) is 0 Å². The summed E-state index contributed by atoms with van der Waals surface area (Å²) in [6, 6.07) is 0. The molecule has 2 amide bonds. The molecule has 0 aromatic carbocycles. The minimum Gasteiger partial charge on any atom is -0.334 e. The van der Waals surface area contributed by atoms with Crippen LogP contribution in [0.5, 0.6) is 0 Å². The van der Waals surface area contributed by atoms with Crippen molar-refractivity contribution >= 4 is 28.3 Å². The number of nitrogens with one attached hydrogen (secondary N) is 1. The smallest absolute Gasteiger partial charge is 0.315 e. The van der Waals surface area contributed by atoms with Crippen LogP contribution >= 0.6 is 11.3 Å². The number of hydrogen-bond acceptors (Lipinski definition) is 5. The summed E-state index contributed by atoms with van der Waals surface area (Å²) in [7, 11) is 0. The SMILES string of the molecule is Cc1nnc(NC(=O)C(=O)N2CCC[C@@H](C)C2)s1. The van der Waals surface area contributed by atoms with Gasteiger partial charge in [0.05, 0.1) is 0 Å². The first kappa shape index (κ1) is 12.9. The second kappa shape index (κ2) is 5.43. The molecule has 2 heterocycles. The number of aromatic nitrogens is 2. The molecule has 1 fully saturated rings. The fraction of sp³-hybridized carbons (Fsp3) is 0.636. The number of hydrogen-bond donors (Lipinski definition) is 1. The van der Waals surface area contributed by atoms with Crippen LogP contribution in [0.2, 0.25) is 0 Å². The lowest BCUT2D eigenvalue weighted by Gasteiger charge is -2.30. The Bertz CT molecular complexity index is 460. The zero-order chi connectivity index (χ0) is 13.1. The standard InChI is InChI=1S/C11H16N4O2S/c1-7-4-3-5-15(6-7)10(17)9(16)12-11-14-13-8(2)18-11/h7H,3-6H2,1-2H3,(H,12,14,16)/t7-/m1/s1. The lowest BCUT2D eigenvalue weighted by molar-refractivity contribution is -0.144. The summed E-state index contributed by atoms with van der Waals surface area (Å²) in [6.45, 7) is 5.19. The van der Waals surface area contributed by atoms with Gasteiger partial charge in [0.25, 0.3) is 0 Å². The Hall–Kier alpha value is -1.50. The first-order valence-electron chi connectivity index (χ1n) is 5.96. The first-order valence-corrected chi connectivity index (χ1v) is 6.78. The molecule has 1 N–H and O–H groups in total. The van der Waals surface area contributed by atoms with E-state index in [2.05, 4.69) is 22.4 Å². The van der Waals surface area contributed by atoms with Crippen molar-refractivity contribution in [2.45, 2.75) is 26.7 Å².